The number of piperazine rings is 1. The highest BCUT2D eigenvalue weighted by molar-refractivity contribution is 7.13. The average Bonchev–Trinajstić information content (AvgIpc) is 2.97. The first-order valence-corrected chi connectivity index (χ1v) is 7.51. The van der Waals surface area contributed by atoms with Crippen LogP contribution in [0.15, 0.2) is 16.0 Å². The zero-order valence-electron chi connectivity index (χ0n) is 10.5. The highest BCUT2D eigenvalue weighted by Gasteiger charge is 2.31. The summed E-state index contributed by atoms with van der Waals surface area (Å²) in [7, 11) is 0. The third-order valence-electron chi connectivity index (χ3n) is 3.60. The number of aromatic nitrogens is 3. The van der Waals surface area contributed by atoms with Crippen LogP contribution in [0, 0.1) is 0 Å². The van der Waals surface area contributed by atoms with Crippen molar-refractivity contribution in [1.29, 1.82) is 0 Å². The van der Waals surface area contributed by atoms with E-state index in [2.05, 4.69) is 25.0 Å². The Balaban J connectivity index is 1.41. The van der Waals surface area contributed by atoms with Crippen molar-refractivity contribution < 1.29 is 4.42 Å². The summed E-state index contributed by atoms with van der Waals surface area (Å²) >= 11 is 1.69. The van der Waals surface area contributed by atoms with Gasteiger partial charge in [-0.3, -0.25) is 0 Å². The molecule has 0 amide bonds. The Morgan fingerprint density at radius 2 is 1.89 bits per heavy atom. The van der Waals surface area contributed by atoms with E-state index >= 15 is 0 Å². The van der Waals surface area contributed by atoms with Gasteiger partial charge in [-0.05, 0) is 12.8 Å². The maximum Gasteiger partial charge on any atom is 0.318 e. The van der Waals surface area contributed by atoms with Gasteiger partial charge in [0.25, 0.3) is 0 Å². The zero-order chi connectivity index (χ0) is 12.7. The summed E-state index contributed by atoms with van der Waals surface area (Å²) in [5, 5.41) is 11.4. The smallest absolute Gasteiger partial charge is 0.318 e. The van der Waals surface area contributed by atoms with Gasteiger partial charge in [0.15, 0.2) is 5.13 Å². The monoisotopic (exact) mass is 277 g/mol. The first kappa shape index (κ1) is 11.2. The number of hydrogen-bond acceptors (Lipinski definition) is 7. The van der Waals surface area contributed by atoms with Crippen molar-refractivity contribution in [2.75, 3.05) is 36.0 Å². The Bertz CT molecular complexity index is 542. The summed E-state index contributed by atoms with van der Waals surface area (Å²) in [6.45, 7) is 3.72. The van der Waals surface area contributed by atoms with Gasteiger partial charge in [0.05, 0.1) is 0 Å². The molecule has 4 rings (SSSR count). The summed E-state index contributed by atoms with van der Waals surface area (Å²) in [6, 6.07) is 0.681. The van der Waals surface area contributed by atoms with Gasteiger partial charge in [0.1, 0.15) is 0 Å². The lowest BCUT2D eigenvalue weighted by Gasteiger charge is -2.33. The molecule has 2 aromatic heterocycles. The van der Waals surface area contributed by atoms with Crippen molar-refractivity contribution in [2.45, 2.75) is 18.8 Å². The maximum atomic E-state index is 5.75. The first-order chi connectivity index (χ1) is 9.40. The van der Waals surface area contributed by atoms with Crippen molar-refractivity contribution in [3.8, 4) is 0 Å². The summed E-state index contributed by atoms with van der Waals surface area (Å²) in [5.74, 6) is 1.34. The molecule has 0 aromatic carbocycles. The Kier molecular flexibility index (Phi) is 2.65. The van der Waals surface area contributed by atoms with Gasteiger partial charge >= 0.3 is 6.01 Å². The molecule has 2 aliphatic rings. The van der Waals surface area contributed by atoms with Gasteiger partial charge in [0, 0.05) is 43.7 Å². The molecule has 0 N–H and O–H groups in total. The van der Waals surface area contributed by atoms with Gasteiger partial charge in [-0.25, -0.2) is 4.98 Å². The van der Waals surface area contributed by atoms with Gasteiger partial charge in [-0.1, -0.05) is 5.10 Å². The number of hydrogen-bond donors (Lipinski definition) is 0. The van der Waals surface area contributed by atoms with Crippen LogP contribution in [0.3, 0.4) is 0 Å². The molecule has 0 bridgehead atoms. The number of rotatable bonds is 3. The Labute approximate surface area is 115 Å². The minimum Gasteiger partial charge on any atom is -0.408 e. The zero-order valence-corrected chi connectivity index (χ0v) is 11.3. The molecule has 100 valence electrons. The molecule has 0 unspecified atom stereocenters. The SMILES string of the molecule is c1csc(N2CCN(c3nnc(C4CC4)o3)CC2)n1. The van der Waals surface area contributed by atoms with Gasteiger partial charge in [-0.15, -0.1) is 16.4 Å². The fraction of sp³-hybridized carbons (Fsp3) is 0.583. The molecule has 1 saturated carbocycles. The van der Waals surface area contributed by atoms with Crippen LogP contribution in [-0.4, -0.2) is 41.4 Å². The number of anilines is 2. The third-order valence-corrected chi connectivity index (χ3v) is 4.43. The van der Waals surface area contributed by atoms with E-state index in [-0.39, 0.29) is 0 Å². The highest BCUT2D eigenvalue weighted by Crippen LogP contribution is 2.39. The van der Waals surface area contributed by atoms with Crippen LogP contribution >= 0.6 is 11.3 Å². The molecule has 1 aliphatic heterocycles. The Morgan fingerprint density at radius 3 is 2.58 bits per heavy atom. The summed E-state index contributed by atoms with van der Waals surface area (Å²) in [5.41, 5.74) is 0. The van der Waals surface area contributed by atoms with Crippen LogP contribution in [-0.2, 0) is 0 Å². The van der Waals surface area contributed by atoms with E-state index < -0.39 is 0 Å². The van der Waals surface area contributed by atoms with Crippen molar-refractivity contribution in [2.24, 2.45) is 0 Å². The van der Waals surface area contributed by atoms with Crippen LogP contribution < -0.4 is 9.80 Å². The van der Waals surface area contributed by atoms with Crippen molar-refractivity contribution in [1.82, 2.24) is 15.2 Å². The summed E-state index contributed by atoms with van der Waals surface area (Å²) in [4.78, 5) is 8.82. The topological polar surface area (TPSA) is 58.3 Å². The van der Waals surface area contributed by atoms with E-state index in [1.807, 2.05) is 11.6 Å². The van der Waals surface area contributed by atoms with E-state index in [0.717, 1.165) is 37.2 Å². The molecule has 7 heteroatoms. The molecular weight excluding hydrogens is 262 g/mol. The second-order valence-corrected chi connectivity index (χ2v) is 5.86. The molecule has 0 spiro atoms. The normalized spacial score (nSPS) is 20.0. The van der Waals surface area contributed by atoms with Crippen molar-refractivity contribution in [3.05, 3.63) is 17.5 Å². The first-order valence-electron chi connectivity index (χ1n) is 6.63. The van der Waals surface area contributed by atoms with Gasteiger partial charge in [-0.2, -0.15) is 0 Å². The minimum absolute atomic E-state index is 0.526. The highest BCUT2D eigenvalue weighted by atomic mass is 32.1. The van der Waals surface area contributed by atoms with Crippen LogP contribution in [0.4, 0.5) is 11.1 Å². The van der Waals surface area contributed by atoms with Crippen molar-refractivity contribution >= 4 is 22.5 Å². The van der Waals surface area contributed by atoms with Crippen LogP contribution in [0.25, 0.3) is 0 Å². The number of nitrogens with zero attached hydrogens (tertiary/aromatic N) is 5. The summed E-state index contributed by atoms with van der Waals surface area (Å²) in [6.07, 6.45) is 4.24. The molecular formula is C12H15N5OS. The number of thiazole rings is 1. The summed E-state index contributed by atoms with van der Waals surface area (Å²) < 4.78 is 5.75. The molecule has 2 fully saturated rings. The second-order valence-electron chi connectivity index (χ2n) is 4.99. The molecule has 1 aliphatic carbocycles. The average molecular weight is 277 g/mol. The molecule has 2 aromatic rings. The van der Waals surface area contributed by atoms with Gasteiger partial charge in [0.2, 0.25) is 5.89 Å². The fourth-order valence-corrected chi connectivity index (χ4v) is 3.01. The van der Waals surface area contributed by atoms with Crippen molar-refractivity contribution in [3.63, 3.8) is 0 Å². The molecule has 3 heterocycles. The predicted octanol–water partition coefficient (Wildman–Crippen LogP) is 1.73. The minimum atomic E-state index is 0.526. The van der Waals surface area contributed by atoms with Crippen LogP contribution in [0.1, 0.15) is 24.7 Å². The predicted molar refractivity (Wildman–Crippen MR) is 72.8 cm³/mol. The van der Waals surface area contributed by atoms with E-state index in [1.165, 1.54) is 12.8 Å². The standard InChI is InChI=1S/C12H15N5OS/c1-2-9(1)10-14-15-11(18-10)16-4-6-17(7-5-16)12-13-3-8-19-12/h3,8-9H,1-2,4-7H2. The second kappa shape index (κ2) is 4.48. The molecule has 0 atom stereocenters. The maximum absolute atomic E-state index is 5.75. The lowest BCUT2D eigenvalue weighted by Crippen LogP contribution is -2.46. The molecule has 0 radical (unpaired) electrons. The van der Waals surface area contributed by atoms with Crippen LogP contribution in [0.2, 0.25) is 0 Å². The van der Waals surface area contributed by atoms with E-state index in [4.69, 9.17) is 4.42 Å². The molecule has 19 heavy (non-hydrogen) atoms. The fourth-order valence-electron chi connectivity index (χ4n) is 2.31. The molecule has 1 saturated heterocycles. The third kappa shape index (κ3) is 2.18. The van der Waals surface area contributed by atoms with E-state index in [0.29, 0.717) is 11.9 Å². The molecule has 6 nitrogen and oxygen atoms in total. The van der Waals surface area contributed by atoms with Gasteiger partial charge < -0.3 is 14.2 Å². The van der Waals surface area contributed by atoms with E-state index in [1.54, 1.807) is 11.3 Å². The lowest BCUT2D eigenvalue weighted by molar-refractivity contribution is 0.475. The lowest BCUT2D eigenvalue weighted by atomic mass is 10.3. The Morgan fingerprint density at radius 1 is 1.11 bits per heavy atom. The van der Waals surface area contributed by atoms with E-state index in [9.17, 15) is 0 Å². The van der Waals surface area contributed by atoms with Crippen LogP contribution in [0.5, 0.6) is 0 Å². The largest absolute Gasteiger partial charge is 0.408 e. The Hall–Kier alpha value is -1.63. The quantitative estimate of drug-likeness (QED) is 0.851.